The van der Waals surface area contributed by atoms with E-state index in [0.717, 1.165) is 18.5 Å². The number of carbonyl (C=O) groups excluding carboxylic acids is 1. The maximum Gasteiger partial charge on any atom is 0.344 e. The molecule has 25 heavy (non-hydrogen) atoms. The van der Waals surface area contributed by atoms with Gasteiger partial charge in [0.25, 0.3) is 0 Å². The predicted molar refractivity (Wildman–Crippen MR) is 97.2 cm³/mol. The zero-order chi connectivity index (χ0) is 17.9. The summed E-state index contributed by atoms with van der Waals surface area (Å²) in [6.07, 6.45) is 3.40. The van der Waals surface area contributed by atoms with Gasteiger partial charge in [-0.05, 0) is 29.7 Å². The molecular formula is C18H23N5O2. The molecule has 2 amide bonds. The second-order valence-corrected chi connectivity index (χ2v) is 5.40. The Kier molecular flexibility index (Phi) is 7.40. The number of rotatable bonds is 8. The molecule has 0 unspecified atom stereocenters. The highest BCUT2D eigenvalue weighted by Crippen LogP contribution is 2.13. The van der Waals surface area contributed by atoms with E-state index in [0.29, 0.717) is 19.8 Å². The van der Waals surface area contributed by atoms with Gasteiger partial charge >= 0.3 is 6.03 Å². The molecule has 1 heterocycles. The fourth-order valence-electron chi connectivity index (χ4n) is 2.34. The summed E-state index contributed by atoms with van der Waals surface area (Å²) in [6, 6.07) is 13.6. The number of carbonyl (C=O) groups is 1. The molecule has 0 spiro atoms. The largest absolute Gasteiger partial charge is 0.379 e. The van der Waals surface area contributed by atoms with Gasteiger partial charge in [0.15, 0.2) is 5.96 Å². The van der Waals surface area contributed by atoms with E-state index in [2.05, 4.69) is 27.4 Å². The van der Waals surface area contributed by atoms with E-state index in [1.165, 1.54) is 11.1 Å². The molecule has 0 fully saturated rings. The fraction of sp³-hybridized carbons (Fsp3) is 0.278. The van der Waals surface area contributed by atoms with Crippen LogP contribution in [0.5, 0.6) is 0 Å². The highest BCUT2D eigenvalue weighted by Gasteiger charge is 2.04. The SMILES string of the molecule is NC(N)=NC(=O)NCCOCCc1ccccc1Cc1ccccn1. The van der Waals surface area contributed by atoms with Crippen molar-refractivity contribution in [2.75, 3.05) is 19.8 Å². The Morgan fingerprint density at radius 2 is 1.84 bits per heavy atom. The Hall–Kier alpha value is -2.93. The molecule has 1 aromatic carbocycles. The van der Waals surface area contributed by atoms with Crippen molar-refractivity contribution in [1.82, 2.24) is 10.3 Å². The van der Waals surface area contributed by atoms with Crippen LogP contribution >= 0.6 is 0 Å². The number of ether oxygens (including phenoxy) is 1. The third kappa shape index (κ3) is 7.01. The van der Waals surface area contributed by atoms with Crippen molar-refractivity contribution >= 4 is 12.0 Å². The summed E-state index contributed by atoms with van der Waals surface area (Å²) in [4.78, 5) is 18.9. The molecular weight excluding hydrogens is 318 g/mol. The minimum absolute atomic E-state index is 0.261. The normalized spacial score (nSPS) is 10.2. The van der Waals surface area contributed by atoms with Crippen LogP contribution in [0.3, 0.4) is 0 Å². The van der Waals surface area contributed by atoms with E-state index in [1.54, 1.807) is 6.20 Å². The van der Waals surface area contributed by atoms with E-state index in [4.69, 9.17) is 16.2 Å². The van der Waals surface area contributed by atoms with E-state index in [1.807, 2.05) is 30.3 Å². The summed E-state index contributed by atoms with van der Waals surface area (Å²) in [5.41, 5.74) is 13.7. The van der Waals surface area contributed by atoms with E-state index in [9.17, 15) is 4.79 Å². The van der Waals surface area contributed by atoms with Crippen molar-refractivity contribution < 1.29 is 9.53 Å². The topological polar surface area (TPSA) is 116 Å². The van der Waals surface area contributed by atoms with Crippen LogP contribution in [0.4, 0.5) is 4.79 Å². The number of pyridine rings is 1. The molecule has 1 aromatic heterocycles. The smallest absolute Gasteiger partial charge is 0.344 e. The van der Waals surface area contributed by atoms with Crippen molar-refractivity contribution in [3.63, 3.8) is 0 Å². The summed E-state index contributed by atoms with van der Waals surface area (Å²) in [5, 5.41) is 2.54. The molecule has 0 saturated heterocycles. The zero-order valence-electron chi connectivity index (χ0n) is 14.0. The summed E-state index contributed by atoms with van der Waals surface area (Å²) < 4.78 is 5.56. The van der Waals surface area contributed by atoms with Crippen molar-refractivity contribution in [3.8, 4) is 0 Å². The number of aromatic nitrogens is 1. The minimum atomic E-state index is -0.565. The van der Waals surface area contributed by atoms with Crippen LogP contribution in [-0.4, -0.2) is 36.7 Å². The van der Waals surface area contributed by atoms with Gasteiger partial charge in [-0.3, -0.25) is 4.98 Å². The second-order valence-electron chi connectivity index (χ2n) is 5.40. The number of nitrogens with one attached hydrogen (secondary N) is 1. The van der Waals surface area contributed by atoms with Crippen LogP contribution in [0.1, 0.15) is 16.8 Å². The van der Waals surface area contributed by atoms with Crippen LogP contribution in [0.15, 0.2) is 53.7 Å². The summed E-state index contributed by atoms with van der Waals surface area (Å²) >= 11 is 0. The standard InChI is InChI=1S/C18H23N5O2/c19-17(20)23-18(24)22-10-12-25-11-8-14-5-1-2-6-15(14)13-16-7-3-4-9-21-16/h1-7,9H,8,10-13H2,(H5,19,20,22,23,24). The minimum Gasteiger partial charge on any atom is -0.379 e. The Bertz CT molecular complexity index is 700. The number of guanidine groups is 1. The maximum absolute atomic E-state index is 11.2. The average molecular weight is 341 g/mol. The number of benzene rings is 1. The predicted octanol–water partition coefficient (Wildman–Crippen LogP) is 1.21. The quantitative estimate of drug-likeness (QED) is 0.379. The lowest BCUT2D eigenvalue weighted by Crippen LogP contribution is -2.30. The van der Waals surface area contributed by atoms with Crippen molar-refractivity contribution in [2.45, 2.75) is 12.8 Å². The molecule has 0 bridgehead atoms. The van der Waals surface area contributed by atoms with Gasteiger partial charge in [-0.2, -0.15) is 4.99 Å². The number of nitrogens with two attached hydrogens (primary N) is 2. The summed E-state index contributed by atoms with van der Waals surface area (Å²) in [5.74, 6) is -0.261. The van der Waals surface area contributed by atoms with Gasteiger partial charge in [-0.15, -0.1) is 0 Å². The Morgan fingerprint density at radius 3 is 2.56 bits per heavy atom. The van der Waals surface area contributed by atoms with Crippen LogP contribution < -0.4 is 16.8 Å². The molecule has 132 valence electrons. The maximum atomic E-state index is 11.2. The van der Waals surface area contributed by atoms with Crippen molar-refractivity contribution in [3.05, 3.63) is 65.5 Å². The number of aliphatic imine (C=N–C) groups is 1. The summed E-state index contributed by atoms with van der Waals surface area (Å²) in [7, 11) is 0. The second kappa shape index (κ2) is 10.0. The van der Waals surface area contributed by atoms with Gasteiger partial charge in [0.1, 0.15) is 0 Å². The molecule has 0 aliphatic carbocycles. The number of urea groups is 1. The molecule has 7 heteroatoms. The molecule has 2 rings (SSSR count). The third-order valence-corrected chi connectivity index (χ3v) is 3.49. The fourth-order valence-corrected chi connectivity index (χ4v) is 2.34. The zero-order valence-corrected chi connectivity index (χ0v) is 14.0. The van der Waals surface area contributed by atoms with Gasteiger partial charge in [0.05, 0.1) is 13.2 Å². The lowest BCUT2D eigenvalue weighted by molar-refractivity contribution is 0.139. The van der Waals surface area contributed by atoms with E-state index in [-0.39, 0.29) is 5.96 Å². The van der Waals surface area contributed by atoms with E-state index < -0.39 is 6.03 Å². The van der Waals surface area contributed by atoms with Gasteiger partial charge in [-0.1, -0.05) is 30.3 Å². The molecule has 0 aliphatic heterocycles. The van der Waals surface area contributed by atoms with Gasteiger partial charge in [0.2, 0.25) is 0 Å². The number of amides is 2. The van der Waals surface area contributed by atoms with Crippen LogP contribution in [0.25, 0.3) is 0 Å². The number of hydrogen-bond acceptors (Lipinski definition) is 3. The number of nitrogens with zero attached hydrogens (tertiary/aromatic N) is 2. The van der Waals surface area contributed by atoms with Gasteiger partial charge in [0, 0.05) is 24.9 Å². The third-order valence-electron chi connectivity index (χ3n) is 3.49. The van der Waals surface area contributed by atoms with Crippen LogP contribution in [-0.2, 0) is 17.6 Å². The first-order chi connectivity index (χ1) is 12.1. The van der Waals surface area contributed by atoms with E-state index >= 15 is 0 Å². The first-order valence-electron chi connectivity index (χ1n) is 8.07. The molecule has 5 N–H and O–H groups in total. The van der Waals surface area contributed by atoms with Crippen molar-refractivity contribution in [2.24, 2.45) is 16.5 Å². The lowest BCUT2D eigenvalue weighted by Gasteiger charge is -2.10. The summed E-state index contributed by atoms with van der Waals surface area (Å²) in [6.45, 7) is 1.32. The molecule has 0 aliphatic rings. The van der Waals surface area contributed by atoms with Crippen LogP contribution in [0.2, 0.25) is 0 Å². The molecule has 2 aromatic rings. The monoisotopic (exact) mass is 341 g/mol. The highest BCUT2D eigenvalue weighted by atomic mass is 16.5. The highest BCUT2D eigenvalue weighted by molar-refractivity contribution is 5.90. The molecule has 0 atom stereocenters. The van der Waals surface area contributed by atoms with Crippen LogP contribution in [0, 0.1) is 0 Å². The van der Waals surface area contributed by atoms with Crippen molar-refractivity contribution in [1.29, 1.82) is 0 Å². The van der Waals surface area contributed by atoms with Gasteiger partial charge in [-0.25, -0.2) is 4.79 Å². The number of hydrogen-bond donors (Lipinski definition) is 3. The van der Waals surface area contributed by atoms with Gasteiger partial charge < -0.3 is 21.5 Å². The molecule has 7 nitrogen and oxygen atoms in total. The molecule has 0 saturated carbocycles. The average Bonchev–Trinajstić information content (AvgIpc) is 2.59. The lowest BCUT2D eigenvalue weighted by atomic mass is 10.0. The Labute approximate surface area is 147 Å². The Morgan fingerprint density at radius 1 is 1.08 bits per heavy atom. The molecule has 0 radical (unpaired) electrons. The Balaban J connectivity index is 1.74. The first-order valence-corrected chi connectivity index (χ1v) is 8.07. The first kappa shape index (κ1) is 18.4.